The van der Waals surface area contributed by atoms with Gasteiger partial charge in [0.1, 0.15) is 0 Å². The summed E-state index contributed by atoms with van der Waals surface area (Å²) in [4.78, 5) is 1.54. The summed E-state index contributed by atoms with van der Waals surface area (Å²) >= 11 is 3.69. The number of fused-ring (bicyclic) bond motifs is 3. The molecule has 0 unspecified atom stereocenters. The molecule has 0 aliphatic heterocycles. The van der Waals surface area contributed by atoms with Gasteiger partial charge in [-0.3, -0.25) is 0 Å². The molecule has 0 saturated heterocycles. The van der Waals surface area contributed by atoms with Crippen LogP contribution in [0.25, 0.3) is 11.1 Å². The maximum Gasteiger partial charge on any atom is 0.0168 e. The molecule has 0 amide bonds. The summed E-state index contributed by atoms with van der Waals surface area (Å²) < 4.78 is 0. The predicted octanol–water partition coefficient (Wildman–Crippen LogP) is 3.38. The SMILES string of the molecule is c1cc2c(s1)Cc1cscc1-2. The molecule has 11 heavy (non-hydrogen) atoms. The van der Waals surface area contributed by atoms with Crippen LogP contribution in [0.5, 0.6) is 0 Å². The molecule has 0 nitrogen and oxygen atoms in total. The Bertz CT molecular complexity index is 357. The van der Waals surface area contributed by atoms with E-state index in [1.54, 1.807) is 4.88 Å². The Kier molecular flexibility index (Phi) is 1.06. The second-order valence-corrected chi connectivity index (χ2v) is 4.49. The molecule has 1 aliphatic rings. The summed E-state index contributed by atoms with van der Waals surface area (Å²) in [6.07, 6.45) is 1.17. The van der Waals surface area contributed by atoms with Crippen molar-refractivity contribution in [2.24, 2.45) is 0 Å². The Morgan fingerprint density at radius 2 is 2.18 bits per heavy atom. The van der Waals surface area contributed by atoms with E-state index in [1.807, 2.05) is 22.7 Å². The van der Waals surface area contributed by atoms with Crippen molar-refractivity contribution in [2.75, 3.05) is 0 Å². The molecule has 2 aromatic heterocycles. The van der Waals surface area contributed by atoms with Crippen LogP contribution < -0.4 is 0 Å². The van der Waals surface area contributed by atoms with Crippen LogP contribution >= 0.6 is 22.7 Å². The normalized spacial score (nSPS) is 13.1. The van der Waals surface area contributed by atoms with E-state index in [-0.39, 0.29) is 0 Å². The summed E-state index contributed by atoms with van der Waals surface area (Å²) in [5.41, 5.74) is 4.48. The Labute approximate surface area is 73.1 Å². The molecule has 0 radical (unpaired) electrons. The van der Waals surface area contributed by atoms with Gasteiger partial charge in [0.05, 0.1) is 0 Å². The fraction of sp³-hybridized carbons (Fsp3) is 0.111. The van der Waals surface area contributed by atoms with Crippen molar-refractivity contribution in [1.29, 1.82) is 0 Å². The topological polar surface area (TPSA) is 0 Å². The van der Waals surface area contributed by atoms with Crippen molar-refractivity contribution in [3.8, 4) is 11.1 Å². The molecule has 0 N–H and O–H groups in total. The van der Waals surface area contributed by atoms with Gasteiger partial charge in [-0.2, -0.15) is 11.3 Å². The van der Waals surface area contributed by atoms with Crippen molar-refractivity contribution in [1.82, 2.24) is 0 Å². The van der Waals surface area contributed by atoms with E-state index < -0.39 is 0 Å². The van der Waals surface area contributed by atoms with E-state index in [4.69, 9.17) is 0 Å². The quantitative estimate of drug-likeness (QED) is 0.495. The minimum atomic E-state index is 1.17. The van der Waals surface area contributed by atoms with Gasteiger partial charge in [0, 0.05) is 11.3 Å². The van der Waals surface area contributed by atoms with Gasteiger partial charge < -0.3 is 0 Å². The lowest BCUT2D eigenvalue weighted by molar-refractivity contribution is 1.33. The summed E-state index contributed by atoms with van der Waals surface area (Å²) in [6.45, 7) is 0. The van der Waals surface area contributed by atoms with Gasteiger partial charge in [0.2, 0.25) is 0 Å². The smallest absolute Gasteiger partial charge is 0.0168 e. The number of hydrogen-bond donors (Lipinski definition) is 0. The Morgan fingerprint density at radius 3 is 3.18 bits per heavy atom. The lowest BCUT2D eigenvalue weighted by atomic mass is 10.2. The third-order valence-electron chi connectivity index (χ3n) is 2.13. The molecule has 0 spiro atoms. The predicted molar refractivity (Wildman–Crippen MR) is 50.4 cm³/mol. The molecular weight excluding hydrogens is 172 g/mol. The summed E-state index contributed by atoms with van der Waals surface area (Å²) in [6, 6.07) is 2.23. The summed E-state index contributed by atoms with van der Waals surface area (Å²) in [7, 11) is 0. The molecule has 0 saturated carbocycles. The van der Waals surface area contributed by atoms with E-state index in [0.29, 0.717) is 0 Å². The first-order valence-corrected chi connectivity index (χ1v) is 5.39. The zero-order chi connectivity index (χ0) is 7.26. The lowest BCUT2D eigenvalue weighted by Crippen LogP contribution is -1.70. The van der Waals surface area contributed by atoms with Crippen molar-refractivity contribution in [3.05, 3.63) is 32.6 Å². The van der Waals surface area contributed by atoms with E-state index in [0.717, 1.165) is 0 Å². The molecule has 3 rings (SSSR count). The molecule has 2 heteroatoms. The van der Waals surface area contributed by atoms with E-state index in [9.17, 15) is 0 Å². The van der Waals surface area contributed by atoms with E-state index in [1.165, 1.54) is 23.1 Å². The molecule has 0 bridgehead atoms. The largest absolute Gasteiger partial charge is 0.151 e. The van der Waals surface area contributed by atoms with Crippen LogP contribution in [0.3, 0.4) is 0 Å². The maximum atomic E-state index is 2.27. The Morgan fingerprint density at radius 1 is 1.18 bits per heavy atom. The van der Waals surface area contributed by atoms with Crippen LogP contribution in [-0.2, 0) is 6.42 Å². The van der Waals surface area contributed by atoms with Crippen LogP contribution in [0.1, 0.15) is 10.4 Å². The maximum absolute atomic E-state index is 2.27. The number of thiophene rings is 2. The zero-order valence-electron chi connectivity index (χ0n) is 5.83. The third-order valence-corrected chi connectivity index (χ3v) is 3.84. The van der Waals surface area contributed by atoms with Gasteiger partial charge in [-0.1, -0.05) is 0 Å². The van der Waals surface area contributed by atoms with Crippen molar-refractivity contribution in [3.63, 3.8) is 0 Å². The first kappa shape index (κ1) is 5.98. The van der Waals surface area contributed by atoms with E-state index in [2.05, 4.69) is 22.2 Å². The van der Waals surface area contributed by atoms with Gasteiger partial charge in [0.15, 0.2) is 0 Å². The van der Waals surface area contributed by atoms with Gasteiger partial charge >= 0.3 is 0 Å². The Hall–Kier alpha value is -0.600. The Balaban J connectivity index is 2.38. The second-order valence-electron chi connectivity index (χ2n) is 2.74. The van der Waals surface area contributed by atoms with Crippen LogP contribution in [0.15, 0.2) is 22.2 Å². The average molecular weight is 178 g/mol. The highest BCUT2D eigenvalue weighted by molar-refractivity contribution is 7.11. The number of rotatable bonds is 0. The van der Waals surface area contributed by atoms with Gasteiger partial charge in [-0.05, 0) is 38.9 Å². The van der Waals surface area contributed by atoms with Crippen LogP contribution in [-0.4, -0.2) is 0 Å². The van der Waals surface area contributed by atoms with Crippen LogP contribution in [0.4, 0.5) is 0 Å². The minimum absolute atomic E-state index is 1.17. The molecule has 1 aliphatic carbocycles. The highest BCUT2D eigenvalue weighted by atomic mass is 32.1. The number of hydrogen-bond acceptors (Lipinski definition) is 2. The monoisotopic (exact) mass is 178 g/mol. The first-order chi connectivity index (χ1) is 5.45. The third kappa shape index (κ3) is 0.686. The molecular formula is C9H6S2. The summed E-state index contributed by atoms with van der Waals surface area (Å²) in [5, 5.41) is 6.71. The van der Waals surface area contributed by atoms with Gasteiger partial charge in [-0.25, -0.2) is 0 Å². The molecule has 2 heterocycles. The zero-order valence-corrected chi connectivity index (χ0v) is 7.47. The first-order valence-electron chi connectivity index (χ1n) is 3.57. The van der Waals surface area contributed by atoms with Crippen molar-refractivity contribution < 1.29 is 0 Å². The standard InChI is InChI=1S/C9H6S2/c1-2-11-9-3-6-4-10-5-8(6)7(1)9/h1-2,4-5H,3H2. The highest BCUT2D eigenvalue weighted by Crippen LogP contribution is 2.41. The molecule has 0 atom stereocenters. The average Bonchev–Trinajstić information content (AvgIpc) is 2.52. The van der Waals surface area contributed by atoms with E-state index >= 15 is 0 Å². The molecule has 2 aromatic rings. The second kappa shape index (κ2) is 1.96. The van der Waals surface area contributed by atoms with Crippen molar-refractivity contribution in [2.45, 2.75) is 6.42 Å². The molecule has 0 aromatic carbocycles. The fourth-order valence-corrected chi connectivity index (χ4v) is 3.36. The highest BCUT2D eigenvalue weighted by Gasteiger charge is 2.19. The molecule has 54 valence electrons. The summed E-state index contributed by atoms with van der Waals surface area (Å²) in [5.74, 6) is 0. The fourth-order valence-electron chi connectivity index (χ4n) is 1.59. The lowest BCUT2D eigenvalue weighted by Gasteiger charge is -1.85. The minimum Gasteiger partial charge on any atom is -0.151 e. The van der Waals surface area contributed by atoms with Gasteiger partial charge in [-0.15, -0.1) is 11.3 Å². The van der Waals surface area contributed by atoms with Crippen LogP contribution in [0, 0.1) is 0 Å². The van der Waals surface area contributed by atoms with Crippen molar-refractivity contribution >= 4 is 22.7 Å². The van der Waals surface area contributed by atoms with Crippen LogP contribution in [0.2, 0.25) is 0 Å². The molecule has 0 fully saturated rings. The van der Waals surface area contributed by atoms with Gasteiger partial charge in [0.25, 0.3) is 0 Å².